The van der Waals surface area contributed by atoms with E-state index in [1.165, 1.54) is 38.2 Å². The Hall–Kier alpha value is -1.09. The first-order valence-corrected chi connectivity index (χ1v) is 7.81. The lowest BCUT2D eigenvalue weighted by Gasteiger charge is -2.22. The second-order valence-corrected chi connectivity index (χ2v) is 5.72. The van der Waals surface area contributed by atoms with Gasteiger partial charge in [-0.05, 0) is 43.5 Å². The van der Waals surface area contributed by atoms with E-state index in [1.807, 2.05) is 0 Å². The monoisotopic (exact) mass is 279 g/mol. The third kappa shape index (κ3) is 3.95. The number of ether oxygens (including phenoxy) is 1. The highest BCUT2D eigenvalue weighted by atomic mass is 19.1. The minimum atomic E-state index is -0.190. The lowest BCUT2D eigenvalue weighted by molar-refractivity contribution is 0.379. The van der Waals surface area contributed by atoms with Crippen LogP contribution in [0.3, 0.4) is 0 Å². The number of hydrogen-bond acceptors (Lipinski definition) is 2. The first-order chi connectivity index (χ1) is 9.74. The van der Waals surface area contributed by atoms with E-state index in [-0.39, 0.29) is 11.9 Å². The van der Waals surface area contributed by atoms with Gasteiger partial charge in [-0.2, -0.15) is 0 Å². The van der Waals surface area contributed by atoms with Gasteiger partial charge in [0.25, 0.3) is 0 Å². The summed E-state index contributed by atoms with van der Waals surface area (Å²) in [6, 6.07) is 4.99. The first kappa shape index (κ1) is 15.3. The molecule has 1 unspecified atom stereocenters. The quantitative estimate of drug-likeness (QED) is 0.796. The maximum atomic E-state index is 13.5. The molecule has 1 atom stereocenters. The van der Waals surface area contributed by atoms with Gasteiger partial charge in [0, 0.05) is 11.6 Å². The van der Waals surface area contributed by atoms with E-state index < -0.39 is 0 Å². The smallest absolute Gasteiger partial charge is 0.123 e. The van der Waals surface area contributed by atoms with Gasteiger partial charge < -0.3 is 10.1 Å². The van der Waals surface area contributed by atoms with Crippen molar-refractivity contribution >= 4 is 0 Å². The van der Waals surface area contributed by atoms with Crippen LogP contribution in [0, 0.1) is 11.7 Å². The van der Waals surface area contributed by atoms with Crippen molar-refractivity contribution in [1.29, 1.82) is 0 Å². The molecule has 1 saturated carbocycles. The lowest BCUT2D eigenvalue weighted by atomic mass is 9.94. The van der Waals surface area contributed by atoms with Gasteiger partial charge in [-0.1, -0.05) is 32.6 Å². The van der Waals surface area contributed by atoms with Crippen LogP contribution in [0.1, 0.15) is 57.1 Å². The molecule has 1 aliphatic rings. The zero-order valence-corrected chi connectivity index (χ0v) is 12.6. The van der Waals surface area contributed by atoms with E-state index in [1.54, 1.807) is 19.2 Å². The fraction of sp³-hybridized carbons (Fsp3) is 0.647. The molecule has 112 valence electrons. The molecule has 0 bridgehead atoms. The summed E-state index contributed by atoms with van der Waals surface area (Å²) in [5, 5.41) is 3.48. The molecule has 1 aliphatic carbocycles. The Morgan fingerprint density at radius 2 is 2.10 bits per heavy atom. The minimum absolute atomic E-state index is 0.186. The van der Waals surface area contributed by atoms with E-state index in [0.717, 1.165) is 30.2 Å². The van der Waals surface area contributed by atoms with Gasteiger partial charge >= 0.3 is 0 Å². The van der Waals surface area contributed by atoms with Gasteiger partial charge in [0.15, 0.2) is 0 Å². The van der Waals surface area contributed by atoms with E-state index in [9.17, 15) is 4.39 Å². The van der Waals surface area contributed by atoms with Crippen molar-refractivity contribution in [2.45, 2.75) is 51.5 Å². The van der Waals surface area contributed by atoms with Crippen molar-refractivity contribution in [3.05, 3.63) is 29.6 Å². The molecular formula is C17H26FNO. The van der Waals surface area contributed by atoms with Crippen molar-refractivity contribution in [3.8, 4) is 5.75 Å². The predicted molar refractivity (Wildman–Crippen MR) is 80.6 cm³/mol. The van der Waals surface area contributed by atoms with Crippen LogP contribution < -0.4 is 10.1 Å². The molecule has 3 heteroatoms. The second-order valence-electron chi connectivity index (χ2n) is 5.72. The van der Waals surface area contributed by atoms with Crippen LogP contribution in [0.5, 0.6) is 5.75 Å². The summed E-state index contributed by atoms with van der Waals surface area (Å²) >= 11 is 0. The fourth-order valence-electron chi connectivity index (χ4n) is 3.29. The average molecular weight is 279 g/mol. The molecule has 20 heavy (non-hydrogen) atoms. The van der Waals surface area contributed by atoms with E-state index in [4.69, 9.17) is 4.74 Å². The highest BCUT2D eigenvalue weighted by molar-refractivity contribution is 5.36. The number of hydrogen-bond donors (Lipinski definition) is 1. The van der Waals surface area contributed by atoms with Crippen LogP contribution in [0.2, 0.25) is 0 Å². The zero-order chi connectivity index (χ0) is 14.4. The molecule has 0 amide bonds. The molecule has 1 fully saturated rings. The summed E-state index contributed by atoms with van der Waals surface area (Å²) in [7, 11) is 1.65. The SMILES string of the molecule is CCNC(CCC1CCCC1)c1cc(F)ccc1OC. The molecule has 1 N–H and O–H groups in total. The summed E-state index contributed by atoms with van der Waals surface area (Å²) in [5.74, 6) is 1.45. The second kappa shape index (κ2) is 7.63. The summed E-state index contributed by atoms with van der Waals surface area (Å²) in [5.41, 5.74) is 0.951. The standard InChI is InChI=1S/C17H26FNO/c1-3-19-16(10-8-13-6-4-5-7-13)15-12-14(18)9-11-17(15)20-2/h9,11-13,16,19H,3-8,10H2,1-2H3. The number of benzene rings is 1. The third-order valence-corrected chi connectivity index (χ3v) is 4.36. The molecule has 0 aromatic heterocycles. The maximum Gasteiger partial charge on any atom is 0.123 e. The lowest BCUT2D eigenvalue weighted by Crippen LogP contribution is -2.22. The molecule has 2 rings (SSSR count). The predicted octanol–water partition coefficient (Wildman–Crippen LogP) is 4.46. The summed E-state index contributed by atoms with van der Waals surface area (Å²) < 4.78 is 18.9. The number of halogens is 1. The first-order valence-electron chi connectivity index (χ1n) is 7.81. The molecule has 0 radical (unpaired) electrons. The van der Waals surface area contributed by atoms with Crippen molar-refractivity contribution in [2.75, 3.05) is 13.7 Å². The van der Waals surface area contributed by atoms with Gasteiger partial charge in [-0.25, -0.2) is 4.39 Å². The number of methoxy groups -OCH3 is 1. The highest BCUT2D eigenvalue weighted by Crippen LogP contribution is 2.34. The molecule has 0 aliphatic heterocycles. The van der Waals surface area contributed by atoms with Gasteiger partial charge in [0.05, 0.1) is 7.11 Å². The Balaban J connectivity index is 2.07. The van der Waals surface area contributed by atoms with Crippen molar-refractivity contribution in [1.82, 2.24) is 5.32 Å². The van der Waals surface area contributed by atoms with Crippen LogP contribution in [0.15, 0.2) is 18.2 Å². The van der Waals surface area contributed by atoms with Crippen molar-refractivity contribution < 1.29 is 9.13 Å². The number of nitrogens with one attached hydrogen (secondary N) is 1. The van der Waals surface area contributed by atoms with Crippen LogP contribution in [0.25, 0.3) is 0 Å². The van der Waals surface area contributed by atoms with Crippen LogP contribution in [0.4, 0.5) is 4.39 Å². The van der Waals surface area contributed by atoms with E-state index >= 15 is 0 Å². The molecule has 0 saturated heterocycles. The average Bonchev–Trinajstić information content (AvgIpc) is 2.96. The van der Waals surface area contributed by atoms with Crippen LogP contribution >= 0.6 is 0 Å². The van der Waals surface area contributed by atoms with Gasteiger partial charge in [-0.3, -0.25) is 0 Å². The van der Waals surface area contributed by atoms with Crippen LogP contribution in [-0.2, 0) is 0 Å². The Labute approximate surface area is 121 Å². The van der Waals surface area contributed by atoms with E-state index in [0.29, 0.717) is 0 Å². The summed E-state index contributed by atoms with van der Waals surface area (Å²) in [6.07, 6.45) is 7.74. The fourth-order valence-corrected chi connectivity index (χ4v) is 3.29. The van der Waals surface area contributed by atoms with Crippen molar-refractivity contribution in [2.24, 2.45) is 5.92 Å². The molecule has 0 heterocycles. The Morgan fingerprint density at radius 1 is 1.35 bits per heavy atom. The van der Waals surface area contributed by atoms with Gasteiger partial charge in [0.1, 0.15) is 11.6 Å². The zero-order valence-electron chi connectivity index (χ0n) is 12.6. The summed E-state index contributed by atoms with van der Waals surface area (Å²) in [4.78, 5) is 0. The molecular weight excluding hydrogens is 253 g/mol. The molecule has 1 aromatic rings. The Kier molecular flexibility index (Phi) is 5.84. The minimum Gasteiger partial charge on any atom is -0.496 e. The highest BCUT2D eigenvalue weighted by Gasteiger charge is 2.20. The normalized spacial score (nSPS) is 17.4. The molecule has 0 spiro atoms. The van der Waals surface area contributed by atoms with Gasteiger partial charge in [-0.15, -0.1) is 0 Å². The molecule has 1 aromatic carbocycles. The van der Waals surface area contributed by atoms with Crippen LogP contribution in [-0.4, -0.2) is 13.7 Å². The Bertz CT molecular complexity index is 415. The van der Waals surface area contributed by atoms with Crippen molar-refractivity contribution in [3.63, 3.8) is 0 Å². The third-order valence-electron chi connectivity index (χ3n) is 4.36. The van der Waals surface area contributed by atoms with Gasteiger partial charge in [0.2, 0.25) is 0 Å². The van der Waals surface area contributed by atoms with E-state index in [2.05, 4.69) is 12.2 Å². The molecule has 2 nitrogen and oxygen atoms in total. The topological polar surface area (TPSA) is 21.3 Å². The maximum absolute atomic E-state index is 13.5. The Morgan fingerprint density at radius 3 is 2.75 bits per heavy atom. The number of rotatable bonds is 7. The summed E-state index contributed by atoms with van der Waals surface area (Å²) in [6.45, 7) is 2.98. The largest absolute Gasteiger partial charge is 0.496 e.